The summed E-state index contributed by atoms with van der Waals surface area (Å²) in [7, 11) is 4.00. The summed E-state index contributed by atoms with van der Waals surface area (Å²) in [4.78, 5) is 16.7. The largest absolute Gasteiger partial charge is 0.364 e. The molecule has 3 aromatic rings. The van der Waals surface area contributed by atoms with Gasteiger partial charge in [-0.15, -0.1) is 22.7 Å². The van der Waals surface area contributed by atoms with Gasteiger partial charge in [-0.1, -0.05) is 0 Å². The fourth-order valence-electron chi connectivity index (χ4n) is 2.08. The van der Waals surface area contributed by atoms with E-state index >= 15 is 0 Å². The zero-order valence-corrected chi connectivity index (χ0v) is 14.1. The highest BCUT2D eigenvalue weighted by Gasteiger charge is 2.11. The summed E-state index contributed by atoms with van der Waals surface area (Å²) < 4.78 is 0. The Balaban J connectivity index is 1.85. The van der Waals surface area contributed by atoms with Crippen LogP contribution < -0.4 is 10.2 Å². The minimum absolute atomic E-state index is 0.672. The molecule has 0 aromatic carbocycles. The molecule has 0 saturated carbocycles. The van der Waals surface area contributed by atoms with Crippen LogP contribution in [0.25, 0.3) is 10.2 Å². The van der Waals surface area contributed by atoms with E-state index in [1.165, 1.54) is 5.56 Å². The van der Waals surface area contributed by atoms with Crippen molar-refractivity contribution in [2.24, 2.45) is 0 Å². The van der Waals surface area contributed by atoms with Crippen LogP contribution in [0.5, 0.6) is 0 Å². The van der Waals surface area contributed by atoms with Crippen LogP contribution in [0.1, 0.15) is 17.1 Å². The number of anilines is 2. The average Bonchev–Trinajstić information content (AvgIpc) is 3.03. The molecule has 7 heteroatoms. The van der Waals surface area contributed by atoms with E-state index in [-0.39, 0.29) is 0 Å². The van der Waals surface area contributed by atoms with Gasteiger partial charge >= 0.3 is 0 Å². The van der Waals surface area contributed by atoms with Crippen LogP contribution in [-0.2, 0) is 6.54 Å². The van der Waals surface area contributed by atoms with Crippen molar-refractivity contribution in [3.8, 4) is 0 Å². The molecule has 0 aliphatic heterocycles. The lowest BCUT2D eigenvalue weighted by Crippen LogP contribution is -2.09. The molecule has 0 aliphatic carbocycles. The zero-order valence-electron chi connectivity index (χ0n) is 12.5. The van der Waals surface area contributed by atoms with Gasteiger partial charge in [0, 0.05) is 19.5 Å². The molecular weight excluding hydrogens is 302 g/mol. The molecule has 5 nitrogen and oxygen atoms in total. The molecule has 0 radical (unpaired) electrons. The maximum Gasteiger partial charge on any atom is 0.185 e. The number of hydrogen-bond acceptors (Lipinski definition) is 7. The van der Waals surface area contributed by atoms with E-state index in [1.54, 1.807) is 22.7 Å². The third-order valence-electron chi connectivity index (χ3n) is 3.09. The number of nitrogens with one attached hydrogen (secondary N) is 1. The SMILES string of the molecule is Cc1nc(NCc2csc(N(C)C)n2)c2c(C)csc2n1. The summed E-state index contributed by atoms with van der Waals surface area (Å²) in [5.74, 6) is 1.69. The Hall–Kier alpha value is -1.73. The maximum atomic E-state index is 4.58. The lowest BCUT2D eigenvalue weighted by atomic mass is 10.2. The third-order valence-corrected chi connectivity index (χ3v) is 5.14. The Morgan fingerprint density at radius 2 is 1.90 bits per heavy atom. The van der Waals surface area contributed by atoms with E-state index in [9.17, 15) is 0 Å². The second kappa shape index (κ2) is 5.57. The molecule has 3 aromatic heterocycles. The molecule has 0 amide bonds. The van der Waals surface area contributed by atoms with E-state index in [4.69, 9.17) is 0 Å². The number of aromatic nitrogens is 3. The average molecular weight is 319 g/mol. The van der Waals surface area contributed by atoms with Gasteiger partial charge < -0.3 is 10.2 Å². The summed E-state index contributed by atoms with van der Waals surface area (Å²) >= 11 is 3.31. The quantitative estimate of drug-likeness (QED) is 0.798. The van der Waals surface area contributed by atoms with Crippen LogP contribution in [0.15, 0.2) is 10.8 Å². The summed E-state index contributed by atoms with van der Waals surface area (Å²) in [6.45, 7) is 4.69. The van der Waals surface area contributed by atoms with Crippen molar-refractivity contribution in [2.75, 3.05) is 24.3 Å². The lowest BCUT2D eigenvalue weighted by Gasteiger charge is -2.08. The number of rotatable bonds is 4. The predicted molar refractivity (Wildman–Crippen MR) is 90.7 cm³/mol. The summed E-state index contributed by atoms with van der Waals surface area (Å²) in [6.07, 6.45) is 0. The van der Waals surface area contributed by atoms with Crippen molar-refractivity contribution < 1.29 is 0 Å². The van der Waals surface area contributed by atoms with Gasteiger partial charge in [-0.3, -0.25) is 0 Å². The van der Waals surface area contributed by atoms with Crippen molar-refractivity contribution in [2.45, 2.75) is 20.4 Å². The van der Waals surface area contributed by atoms with Crippen molar-refractivity contribution in [1.82, 2.24) is 15.0 Å². The predicted octanol–water partition coefficient (Wildman–Crippen LogP) is 3.44. The number of hydrogen-bond donors (Lipinski definition) is 1. The third kappa shape index (κ3) is 2.84. The number of thiophene rings is 1. The van der Waals surface area contributed by atoms with Crippen molar-refractivity contribution in [1.29, 1.82) is 0 Å². The molecule has 0 spiro atoms. The smallest absolute Gasteiger partial charge is 0.185 e. The van der Waals surface area contributed by atoms with E-state index < -0.39 is 0 Å². The molecule has 0 bridgehead atoms. The van der Waals surface area contributed by atoms with E-state index in [2.05, 4.69) is 38.0 Å². The molecule has 0 saturated heterocycles. The van der Waals surface area contributed by atoms with Gasteiger partial charge in [0.05, 0.1) is 17.6 Å². The van der Waals surface area contributed by atoms with E-state index in [1.807, 2.05) is 25.9 Å². The first-order valence-electron chi connectivity index (χ1n) is 6.62. The molecule has 1 N–H and O–H groups in total. The minimum atomic E-state index is 0.672. The molecule has 0 aliphatic rings. The summed E-state index contributed by atoms with van der Waals surface area (Å²) in [5, 5.41) is 9.74. The first-order valence-corrected chi connectivity index (χ1v) is 8.38. The van der Waals surface area contributed by atoms with Crippen LogP contribution in [0.4, 0.5) is 10.9 Å². The highest BCUT2D eigenvalue weighted by molar-refractivity contribution is 7.17. The van der Waals surface area contributed by atoms with Crippen molar-refractivity contribution in [3.63, 3.8) is 0 Å². The normalized spacial score (nSPS) is 11.0. The van der Waals surface area contributed by atoms with Crippen LogP contribution >= 0.6 is 22.7 Å². The molecular formula is C14H17N5S2. The second-order valence-electron chi connectivity index (χ2n) is 5.09. The number of thiazole rings is 1. The molecule has 21 heavy (non-hydrogen) atoms. The van der Waals surface area contributed by atoms with E-state index in [0.717, 1.165) is 32.7 Å². The van der Waals surface area contributed by atoms with Gasteiger partial charge in [0.2, 0.25) is 0 Å². The molecule has 0 fully saturated rings. The Labute approximate surface area is 131 Å². The van der Waals surface area contributed by atoms with Gasteiger partial charge in [-0.25, -0.2) is 15.0 Å². The molecule has 0 atom stereocenters. The van der Waals surface area contributed by atoms with Gasteiger partial charge in [0.1, 0.15) is 16.5 Å². The fourth-order valence-corrected chi connectivity index (χ4v) is 3.80. The van der Waals surface area contributed by atoms with Gasteiger partial charge in [-0.2, -0.15) is 0 Å². The van der Waals surface area contributed by atoms with Crippen LogP contribution in [0, 0.1) is 13.8 Å². The maximum absolute atomic E-state index is 4.58. The second-order valence-corrected chi connectivity index (χ2v) is 6.78. The number of nitrogens with zero attached hydrogens (tertiary/aromatic N) is 4. The van der Waals surface area contributed by atoms with Crippen LogP contribution in [-0.4, -0.2) is 29.0 Å². The number of fused-ring (bicyclic) bond motifs is 1. The van der Waals surface area contributed by atoms with Crippen molar-refractivity contribution >= 4 is 43.8 Å². The Morgan fingerprint density at radius 3 is 2.62 bits per heavy atom. The highest BCUT2D eigenvalue weighted by atomic mass is 32.1. The van der Waals surface area contributed by atoms with Gasteiger partial charge in [0.25, 0.3) is 0 Å². The summed E-state index contributed by atoms with van der Waals surface area (Å²) in [6, 6.07) is 0. The standard InChI is InChI=1S/C14H17N5S2/c1-8-6-20-13-11(8)12(16-9(2)17-13)15-5-10-7-21-14(18-10)19(3)4/h6-7H,5H2,1-4H3,(H,15,16,17). The molecule has 3 heterocycles. The molecule has 110 valence electrons. The van der Waals surface area contributed by atoms with Gasteiger partial charge in [0.15, 0.2) is 5.13 Å². The van der Waals surface area contributed by atoms with Crippen LogP contribution in [0.3, 0.4) is 0 Å². The molecule has 0 unspecified atom stereocenters. The van der Waals surface area contributed by atoms with Crippen LogP contribution in [0.2, 0.25) is 0 Å². The molecule has 3 rings (SSSR count). The Kier molecular flexibility index (Phi) is 3.77. The Morgan fingerprint density at radius 1 is 1.10 bits per heavy atom. The summed E-state index contributed by atoms with van der Waals surface area (Å²) in [5.41, 5.74) is 2.24. The number of aryl methyl sites for hydroxylation is 2. The monoisotopic (exact) mass is 319 g/mol. The first-order chi connectivity index (χ1) is 10.0. The Bertz CT molecular complexity index is 775. The lowest BCUT2D eigenvalue weighted by molar-refractivity contribution is 1.01. The van der Waals surface area contributed by atoms with Gasteiger partial charge in [-0.05, 0) is 24.8 Å². The minimum Gasteiger partial charge on any atom is -0.364 e. The first kappa shape index (κ1) is 14.2. The fraction of sp³-hybridized carbons (Fsp3) is 0.357. The topological polar surface area (TPSA) is 53.9 Å². The highest BCUT2D eigenvalue weighted by Crippen LogP contribution is 2.29. The van der Waals surface area contributed by atoms with E-state index in [0.29, 0.717) is 6.54 Å². The van der Waals surface area contributed by atoms with Crippen molar-refractivity contribution in [3.05, 3.63) is 27.8 Å². The zero-order chi connectivity index (χ0) is 15.0.